The quantitative estimate of drug-likeness (QED) is 0.279. The predicted molar refractivity (Wildman–Crippen MR) is 163 cm³/mol. The molecule has 5 rings (SSSR count). The van der Waals surface area contributed by atoms with Crippen LogP contribution in [0.2, 0.25) is 0 Å². The molecule has 1 atom stereocenters. The van der Waals surface area contributed by atoms with Gasteiger partial charge in [0.2, 0.25) is 0 Å². The molecule has 2 aromatic carbocycles. The number of carbonyl (C=O) groups is 2. The number of benzene rings is 2. The summed E-state index contributed by atoms with van der Waals surface area (Å²) in [5.41, 5.74) is 5.65. The number of hydrogen-bond donors (Lipinski definition) is 2. The van der Waals surface area contributed by atoms with Gasteiger partial charge < -0.3 is 20.1 Å². The maximum Gasteiger partial charge on any atom is 0.255 e. The first-order valence-corrected chi connectivity index (χ1v) is 14.6. The number of allylic oxidation sites excluding steroid dienone is 3. The standard InChI is InChI=1S/C33H34BrN3O4/c1-19(2)21-8-12-25(13-9-21)41-18-23-16-22(10-14-28(23)40-4)31-30(33(39)37-29-15-11-24(34)17-35-29)20(3)36-26-6-5-7-27(38)32(26)31/h8-17,19,31,36H,5-7,18H2,1-4H3,(H,35,37,39). The molecule has 0 radical (unpaired) electrons. The molecule has 41 heavy (non-hydrogen) atoms. The van der Waals surface area contributed by atoms with Gasteiger partial charge in [-0.1, -0.05) is 32.0 Å². The summed E-state index contributed by atoms with van der Waals surface area (Å²) in [6, 6.07) is 17.4. The largest absolute Gasteiger partial charge is 0.496 e. The van der Waals surface area contributed by atoms with Gasteiger partial charge in [0.15, 0.2) is 5.78 Å². The lowest BCUT2D eigenvalue weighted by atomic mass is 9.74. The Morgan fingerprint density at radius 3 is 2.59 bits per heavy atom. The molecule has 1 amide bonds. The highest BCUT2D eigenvalue weighted by molar-refractivity contribution is 9.10. The number of amides is 1. The van der Waals surface area contributed by atoms with Crippen LogP contribution >= 0.6 is 15.9 Å². The second kappa shape index (κ2) is 12.3. The average molecular weight is 617 g/mol. The van der Waals surface area contributed by atoms with Crippen molar-refractivity contribution in [1.82, 2.24) is 10.3 Å². The molecular weight excluding hydrogens is 582 g/mol. The normalized spacial score (nSPS) is 16.8. The molecule has 0 bridgehead atoms. The minimum absolute atomic E-state index is 0.0576. The number of nitrogens with one attached hydrogen (secondary N) is 2. The predicted octanol–water partition coefficient (Wildman–Crippen LogP) is 7.16. The minimum Gasteiger partial charge on any atom is -0.496 e. The molecule has 1 aliphatic heterocycles. The molecule has 7 nitrogen and oxygen atoms in total. The Hall–Kier alpha value is -3.91. The number of rotatable bonds is 8. The number of ketones is 1. The fourth-order valence-electron chi connectivity index (χ4n) is 5.45. The van der Waals surface area contributed by atoms with Gasteiger partial charge in [0.05, 0.1) is 7.11 Å². The van der Waals surface area contributed by atoms with Crippen LogP contribution in [0.5, 0.6) is 11.5 Å². The first-order valence-electron chi connectivity index (χ1n) is 13.8. The molecule has 1 aromatic heterocycles. The minimum atomic E-state index is -0.538. The van der Waals surface area contributed by atoms with Crippen LogP contribution < -0.4 is 20.1 Å². The Labute approximate surface area is 249 Å². The second-order valence-electron chi connectivity index (χ2n) is 10.7. The van der Waals surface area contributed by atoms with Gasteiger partial charge in [0.1, 0.15) is 23.9 Å². The summed E-state index contributed by atoms with van der Waals surface area (Å²) in [5.74, 6) is 1.52. The maximum absolute atomic E-state index is 13.8. The van der Waals surface area contributed by atoms with Crippen LogP contribution in [-0.4, -0.2) is 23.8 Å². The van der Waals surface area contributed by atoms with Crippen molar-refractivity contribution in [3.63, 3.8) is 0 Å². The molecule has 2 heterocycles. The zero-order chi connectivity index (χ0) is 29.1. The van der Waals surface area contributed by atoms with Crippen molar-refractivity contribution in [3.05, 3.63) is 104 Å². The van der Waals surface area contributed by atoms with E-state index in [1.807, 2.05) is 43.3 Å². The zero-order valence-corrected chi connectivity index (χ0v) is 25.3. The van der Waals surface area contributed by atoms with E-state index in [4.69, 9.17) is 9.47 Å². The lowest BCUT2D eigenvalue weighted by Crippen LogP contribution is -2.35. The zero-order valence-electron chi connectivity index (χ0n) is 23.7. The Morgan fingerprint density at radius 2 is 1.90 bits per heavy atom. The van der Waals surface area contributed by atoms with Crippen molar-refractivity contribution in [2.24, 2.45) is 0 Å². The van der Waals surface area contributed by atoms with Crippen LogP contribution in [0.1, 0.15) is 68.6 Å². The molecule has 8 heteroatoms. The molecule has 1 aliphatic carbocycles. The molecular formula is C33H34BrN3O4. The van der Waals surface area contributed by atoms with E-state index in [0.29, 0.717) is 35.1 Å². The lowest BCUT2D eigenvalue weighted by Gasteiger charge is -2.34. The van der Waals surface area contributed by atoms with E-state index in [2.05, 4.69) is 57.5 Å². The van der Waals surface area contributed by atoms with Gasteiger partial charge in [-0.15, -0.1) is 0 Å². The summed E-state index contributed by atoms with van der Waals surface area (Å²) < 4.78 is 12.6. The van der Waals surface area contributed by atoms with Gasteiger partial charge in [0.25, 0.3) is 5.91 Å². The first-order chi connectivity index (χ1) is 19.7. The number of anilines is 1. The number of dihydropyridines is 1. The fourth-order valence-corrected chi connectivity index (χ4v) is 5.69. The Morgan fingerprint density at radius 1 is 1.12 bits per heavy atom. The van der Waals surface area contributed by atoms with E-state index in [0.717, 1.165) is 45.6 Å². The van der Waals surface area contributed by atoms with Gasteiger partial charge in [-0.2, -0.15) is 0 Å². The van der Waals surface area contributed by atoms with Gasteiger partial charge in [0, 0.05) is 51.1 Å². The number of methoxy groups -OCH3 is 1. The molecule has 2 N–H and O–H groups in total. The average Bonchev–Trinajstić information content (AvgIpc) is 2.96. The molecule has 2 aliphatic rings. The van der Waals surface area contributed by atoms with Crippen LogP contribution in [0, 0.1) is 0 Å². The van der Waals surface area contributed by atoms with Crippen LogP contribution in [0.25, 0.3) is 0 Å². The number of halogens is 1. The molecule has 1 unspecified atom stereocenters. The number of hydrogen-bond acceptors (Lipinski definition) is 6. The van der Waals surface area contributed by atoms with Crippen molar-refractivity contribution in [2.45, 2.75) is 58.5 Å². The summed E-state index contributed by atoms with van der Waals surface area (Å²) in [6.45, 7) is 6.47. The summed E-state index contributed by atoms with van der Waals surface area (Å²) >= 11 is 3.38. The number of pyridine rings is 1. The Kier molecular flexibility index (Phi) is 8.59. The third-order valence-corrected chi connectivity index (χ3v) is 8.04. The third kappa shape index (κ3) is 6.22. The van der Waals surface area contributed by atoms with Gasteiger partial charge >= 0.3 is 0 Å². The number of carbonyl (C=O) groups excluding carboxylic acids is 2. The number of ether oxygens (including phenoxy) is 2. The first kappa shape index (κ1) is 28.6. The topological polar surface area (TPSA) is 89.5 Å². The molecule has 212 valence electrons. The third-order valence-electron chi connectivity index (χ3n) is 7.57. The van der Waals surface area contributed by atoms with E-state index in [-0.39, 0.29) is 18.3 Å². The highest BCUT2D eigenvalue weighted by Gasteiger charge is 2.38. The maximum atomic E-state index is 13.8. The highest BCUT2D eigenvalue weighted by atomic mass is 79.9. The highest BCUT2D eigenvalue weighted by Crippen LogP contribution is 2.43. The van der Waals surface area contributed by atoms with Gasteiger partial charge in [-0.05, 0) is 89.1 Å². The van der Waals surface area contributed by atoms with Crippen LogP contribution in [0.3, 0.4) is 0 Å². The fraction of sp³-hybridized carbons (Fsp3) is 0.303. The SMILES string of the molecule is COc1ccc(C2C(C(=O)Nc3ccc(Br)cn3)=C(C)NC3=C2C(=O)CCC3)cc1COc1ccc(C(C)C)cc1. The summed E-state index contributed by atoms with van der Waals surface area (Å²) in [6.07, 6.45) is 3.63. The van der Waals surface area contributed by atoms with E-state index >= 15 is 0 Å². The molecule has 0 fully saturated rings. The summed E-state index contributed by atoms with van der Waals surface area (Å²) in [5, 5.41) is 6.29. The Balaban J connectivity index is 1.50. The van der Waals surface area contributed by atoms with Crippen LogP contribution in [0.15, 0.2) is 87.8 Å². The van der Waals surface area contributed by atoms with Crippen LogP contribution in [0.4, 0.5) is 5.82 Å². The number of aromatic nitrogens is 1. The van der Waals surface area contributed by atoms with Crippen molar-refractivity contribution in [1.29, 1.82) is 0 Å². The molecule has 0 saturated heterocycles. The number of nitrogens with zero attached hydrogens (tertiary/aromatic N) is 1. The van der Waals surface area contributed by atoms with Crippen LogP contribution in [-0.2, 0) is 16.2 Å². The lowest BCUT2D eigenvalue weighted by molar-refractivity contribution is -0.116. The van der Waals surface area contributed by atoms with Crippen molar-refractivity contribution >= 4 is 33.4 Å². The van der Waals surface area contributed by atoms with Crippen molar-refractivity contribution in [2.75, 3.05) is 12.4 Å². The summed E-state index contributed by atoms with van der Waals surface area (Å²) in [7, 11) is 1.62. The van der Waals surface area contributed by atoms with E-state index in [9.17, 15) is 9.59 Å². The Bertz CT molecular complexity index is 1530. The monoisotopic (exact) mass is 615 g/mol. The van der Waals surface area contributed by atoms with E-state index < -0.39 is 5.92 Å². The van der Waals surface area contributed by atoms with Crippen molar-refractivity contribution < 1.29 is 19.1 Å². The van der Waals surface area contributed by atoms with Gasteiger partial charge in [-0.3, -0.25) is 9.59 Å². The summed E-state index contributed by atoms with van der Waals surface area (Å²) in [4.78, 5) is 31.4. The smallest absolute Gasteiger partial charge is 0.255 e. The molecule has 0 spiro atoms. The van der Waals surface area contributed by atoms with E-state index in [1.54, 1.807) is 19.4 Å². The van der Waals surface area contributed by atoms with Gasteiger partial charge in [-0.25, -0.2) is 4.98 Å². The van der Waals surface area contributed by atoms with Crippen molar-refractivity contribution in [3.8, 4) is 11.5 Å². The molecule has 3 aromatic rings. The second-order valence-corrected chi connectivity index (χ2v) is 11.6. The molecule has 0 saturated carbocycles. The number of Topliss-reactive ketones (excluding diaryl/α,β-unsaturated/α-hetero) is 1. The van der Waals surface area contributed by atoms with E-state index in [1.165, 1.54) is 5.56 Å².